The fourth-order valence-corrected chi connectivity index (χ4v) is 1.30. The summed E-state index contributed by atoms with van der Waals surface area (Å²) in [5, 5.41) is 2.31. The third-order valence-electron chi connectivity index (χ3n) is 0.866. The van der Waals surface area contributed by atoms with Crippen molar-refractivity contribution in [3.63, 3.8) is 0 Å². The summed E-state index contributed by atoms with van der Waals surface area (Å²) in [5.74, 6) is 0. The molecule has 43 valence electrons. The van der Waals surface area contributed by atoms with Gasteiger partial charge in [0.15, 0.2) is 0 Å². The molecule has 0 rings (SSSR count). The summed E-state index contributed by atoms with van der Waals surface area (Å²) in [6, 6.07) is 0. The van der Waals surface area contributed by atoms with E-state index in [0.29, 0.717) is 0 Å². The van der Waals surface area contributed by atoms with Crippen LogP contribution in [0.3, 0.4) is 0 Å². The quantitative estimate of drug-likeness (QED) is 0.420. The van der Waals surface area contributed by atoms with Gasteiger partial charge in [0.25, 0.3) is 0 Å². The van der Waals surface area contributed by atoms with Gasteiger partial charge in [0, 0.05) is 0 Å². The van der Waals surface area contributed by atoms with E-state index in [9.17, 15) is 0 Å². The zero-order chi connectivity index (χ0) is 5.70. The summed E-state index contributed by atoms with van der Waals surface area (Å²) in [6.45, 7) is 0. The van der Waals surface area contributed by atoms with Gasteiger partial charge in [-0.1, -0.05) is 0 Å². The van der Waals surface area contributed by atoms with E-state index in [1.807, 2.05) is 0 Å². The van der Waals surface area contributed by atoms with Crippen LogP contribution in [0.25, 0.3) is 0 Å². The first-order chi connectivity index (χ1) is 3.35. The third-order valence-corrected chi connectivity index (χ3v) is 4.50. The molecule has 0 aliphatic rings. The molecular weight excluding hydrogens is 151 g/mol. The minimum atomic E-state index is -1.07. The maximum absolute atomic E-state index is 5.31. The first kappa shape index (κ1) is 7.42. The van der Waals surface area contributed by atoms with Gasteiger partial charge in [-0.3, -0.25) is 0 Å². The zero-order valence-electron chi connectivity index (χ0n) is 4.35. The third kappa shape index (κ3) is 3.05. The van der Waals surface area contributed by atoms with Crippen molar-refractivity contribution in [1.29, 1.82) is 0 Å². The molecule has 0 fully saturated rings. The predicted octanol–water partition coefficient (Wildman–Crippen LogP) is -2.03. The van der Waals surface area contributed by atoms with E-state index in [1.165, 1.54) is 0 Å². The van der Waals surface area contributed by atoms with Crippen LogP contribution in [0.4, 0.5) is 0 Å². The molecule has 0 aromatic rings. The van der Waals surface area contributed by atoms with Crippen molar-refractivity contribution in [2.75, 3.05) is 16.1 Å². The van der Waals surface area contributed by atoms with E-state index in [0.717, 1.165) is 16.1 Å². The monoisotopic (exact) mass is 164 g/mol. The molecule has 7 heavy (non-hydrogen) atoms. The van der Waals surface area contributed by atoms with Crippen LogP contribution in [0.15, 0.2) is 0 Å². The van der Waals surface area contributed by atoms with Crippen molar-refractivity contribution < 1.29 is 0 Å². The van der Waals surface area contributed by atoms with E-state index in [-0.39, 0.29) is 0 Å². The molecule has 0 atom stereocenters. The van der Waals surface area contributed by atoms with E-state index in [4.69, 9.17) is 17.2 Å². The normalized spacial score (nSPS) is 10.3. The SMILES string of the molecule is N[CH2][Ge]([CH2]N)[CH2]N. The summed E-state index contributed by atoms with van der Waals surface area (Å²) in [5.41, 5.74) is 15.9. The van der Waals surface area contributed by atoms with Crippen molar-refractivity contribution in [2.45, 2.75) is 0 Å². The second kappa shape index (κ2) is 4.58. The van der Waals surface area contributed by atoms with Crippen LogP contribution < -0.4 is 17.2 Å². The first-order valence-corrected chi connectivity index (χ1v) is 6.74. The standard InChI is InChI=1S/C3H12GeN3/c5-1-4(2-6)3-7/h1-3,5-7H2. The Morgan fingerprint density at radius 3 is 1.14 bits per heavy atom. The Morgan fingerprint density at radius 1 is 0.857 bits per heavy atom. The van der Waals surface area contributed by atoms with Gasteiger partial charge in [-0.15, -0.1) is 0 Å². The summed E-state index contributed by atoms with van der Waals surface area (Å²) in [4.78, 5) is 0. The molecule has 0 spiro atoms. The molecule has 0 saturated heterocycles. The summed E-state index contributed by atoms with van der Waals surface area (Å²) < 4.78 is 0. The fraction of sp³-hybridized carbons (Fsp3) is 1.00. The molecule has 0 aromatic carbocycles. The summed E-state index contributed by atoms with van der Waals surface area (Å²) in [7, 11) is 0. The van der Waals surface area contributed by atoms with Crippen LogP contribution in [0, 0.1) is 0 Å². The summed E-state index contributed by atoms with van der Waals surface area (Å²) in [6.07, 6.45) is 0. The van der Waals surface area contributed by atoms with Crippen molar-refractivity contribution in [1.82, 2.24) is 0 Å². The van der Waals surface area contributed by atoms with E-state index in [1.54, 1.807) is 0 Å². The van der Waals surface area contributed by atoms with Gasteiger partial charge in [-0.2, -0.15) is 0 Å². The van der Waals surface area contributed by atoms with E-state index < -0.39 is 14.3 Å². The number of hydrogen-bond acceptors (Lipinski definition) is 3. The van der Waals surface area contributed by atoms with Gasteiger partial charge < -0.3 is 0 Å². The second-order valence-corrected chi connectivity index (χ2v) is 7.08. The van der Waals surface area contributed by atoms with Crippen molar-refractivity contribution in [3.8, 4) is 0 Å². The first-order valence-electron chi connectivity index (χ1n) is 2.29. The van der Waals surface area contributed by atoms with Gasteiger partial charge in [-0.05, 0) is 0 Å². The summed E-state index contributed by atoms with van der Waals surface area (Å²) >= 11 is -1.07. The van der Waals surface area contributed by atoms with Gasteiger partial charge in [-0.25, -0.2) is 0 Å². The van der Waals surface area contributed by atoms with Gasteiger partial charge >= 0.3 is 47.7 Å². The van der Waals surface area contributed by atoms with Crippen LogP contribution in [-0.2, 0) is 0 Å². The number of rotatable bonds is 3. The Morgan fingerprint density at radius 2 is 1.14 bits per heavy atom. The Balaban J connectivity index is 2.99. The number of hydrogen-bond donors (Lipinski definition) is 3. The Labute approximate surface area is 48.3 Å². The van der Waals surface area contributed by atoms with Gasteiger partial charge in [0.1, 0.15) is 0 Å². The molecule has 0 saturated carbocycles. The van der Waals surface area contributed by atoms with Crippen molar-refractivity contribution in [2.24, 2.45) is 17.2 Å². The Bertz CT molecular complexity index is 31.7. The molecule has 4 heteroatoms. The Kier molecular flexibility index (Phi) is 4.86. The predicted molar refractivity (Wildman–Crippen MR) is 32.9 cm³/mol. The van der Waals surface area contributed by atoms with E-state index in [2.05, 4.69) is 0 Å². The zero-order valence-corrected chi connectivity index (χ0v) is 6.45. The fourth-order valence-electron chi connectivity index (χ4n) is 0.250. The van der Waals surface area contributed by atoms with Crippen molar-refractivity contribution in [3.05, 3.63) is 0 Å². The minimum absolute atomic E-state index is 0.771. The van der Waals surface area contributed by atoms with Crippen LogP contribution in [0.2, 0.25) is 0 Å². The maximum atomic E-state index is 5.31. The molecule has 6 N–H and O–H groups in total. The Hall–Kier alpha value is 0.423. The van der Waals surface area contributed by atoms with Crippen LogP contribution in [0.5, 0.6) is 0 Å². The molecule has 0 heterocycles. The average Bonchev–Trinajstić information content (AvgIpc) is 1.72. The number of nitrogens with two attached hydrogens (primary N) is 3. The molecule has 0 amide bonds. The molecule has 0 aromatic heterocycles. The molecule has 1 radical (unpaired) electrons. The van der Waals surface area contributed by atoms with Crippen molar-refractivity contribution >= 4 is 14.3 Å². The average molecular weight is 163 g/mol. The van der Waals surface area contributed by atoms with Gasteiger partial charge in [0.2, 0.25) is 0 Å². The van der Waals surface area contributed by atoms with Gasteiger partial charge in [0.05, 0.1) is 0 Å². The topological polar surface area (TPSA) is 78.1 Å². The molecule has 0 aliphatic heterocycles. The van der Waals surface area contributed by atoms with Crippen LogP contribution in [0.1, 0.15) is 0 Å². The van der Waals surface area contributed by atoms with E-state index >= 15 is 0 Å². The molecule has 0 unspecified atom stereocenters. The molecule has 0 aliphatic carbocycles. The second-order valence-electron chi connectivity index (χ2n) is 1.36. The molecule has 0 bridgehead atoms. The molecular formula is C3H12GeN3. The van der Waals surface area contributed by atoms with Crippen LogP contribution >= 0.6 is 0 Å². The molecule has 3 nitrogen and oxygen atoms in total. The van der Waals surface area contributed by atoms with Crippen LogP contribution in [-0.4, -0.2) is 30.5 Å².